The third-order valence-electron chi connectivity index (χ3n) is 4.97. The topological polar surface area (TPSA) is 42.4 Å². The van der Waals surface area contributed by atoms with Crippen molar-refractivity contribution in [2.75, 3.05) is 20.2 Å². The van der Waals surface area contributed by atoms with E-state index in [0.29, 0.717) is 18.2 Å². The lowest BCUT2D eigenvalue weighted by Crippen LogP contribution is -2.47. The van der Waals surface area contributed by atoms with Gasteiger partial charge in [-0.25, -0.2) is 0 Å². The second-order valence-electron chi connectivity index (χ2n) is 6.99. The maximum atomic E-state index is 12.8. The summed E-state index contributed by atoms with van der Waals surface area (Å²) >= 11 is 0. The summed E-state index contributed by atoms with van der Waals surface area (Å²) in [5.41, 5.74) is 4.15. The van der Waals surface area contributed by atoms with Crippen molar-refractivity contribution in [1.82, 2.24) is 9.88 Å². The smallest absolute Gasteiger partial charge is 0.272 e. The first kappa shape index (κ1) is 17.6. The molecule has 2 heterocycles. The lowest BCUT2D eigenvalue weighted by molar-refractivity contribution is -0.00317. The van der Waals surface area contributed by atoms with E-state index < -0.39 is 0 Å². The van der Waals surface area contributed by atoms with E-state index in [0.717, 1.165) is 24.9 Å². The summed E-state index contributed by atoms with van der Waals surface area (Å²) in [4.78, 5) is 19.0. The van der Waals surface area contributed by atoms with Crippen LogP contribution in [0.2, 0.25) is 0 Å². The molecule has 0 radical (unpaired) electrons. The number of carbonyl (C=O) groups is 1. The molecular weight excluding hydrogens is 312 g/mol. The summed E-state index contributed by atoms with van der Waals surface area (Å²) in [6, 6.07) is 12.3. The molecule has 0 spiro atoms. The molecule has 1 saturated heterocycles. The summed E-state index contributed by atoms with van der Waals surface area (Å²) in [7, 11) is 1.77. The molecular formula is C21H26N2O2. The number of piperidine rings is 1. The van der Waals surface area contributed by atoms with E-state index in [9.17, 15) is 4.79 Å². The Labute approximate surface area is 149 Å². The van der Waals surface area contributed by atoms with E-state index in [1.807, 2.05) is 24.0 Å². The number of hydrogen-bond donors (Lipinski definition) is 0. The maximum Gasteiger partial charge on any atom is 0.272 e. The van der Waals surface area contributed by atoms with Gasteiger partial charge in [-0.05, 0) is 43.9 Å². The van der Waals surface area contributed by atoms with Gasteiger partial charge in [0.1, 0.15) is 5.69 Å². The largest absolute Gasteiger partial charge is 0.381 e. The second kappa shape index (κ2) is 7.79. The van der Waals surface area contributed by atoms with Gasteiger partial charge in [-0.15, -0.1) is 0 Å². The van der Waals surface area contributed by atoms with Crippen LogP contribution >= 0.6 is 0 Å². The molecule has 4 heteroatoms. The number of carbonyl (C=O) groups excluding carboxylic acids is 1. The van der Waals surface area contributed by atoms with E-state index in [-0.39, 0.29) is 12.0 Å². The predicted octanol–water partition coefficient (Wildman–Crippen LogP) is 3.42. The molecule has 1 aromatic heterocycles. The van der Waals surface area contributed by atoms with E-state index in [4.69, 9.17) is 4.74 Å². The monoisotopic (exact) mass is 338 g/mol. The highest BCUT2D eigenvalue weighted by Gasteiger charge is 2.32. The van der Waals surface area contributed by atoms with Gasteiger partial charge < -0.3 is 9.64 Å². The van der Waals surface area contributed by atoms with Gasteiger partial charge in [-0.1, -0.05) is 35.9 Å². The molecule has 1 fully saturated rings. The molecule has 2 aromatic rings. The van der Waals surface area contributed by atoms with Crippen LogP contribution in [-0.4, -0.2) is 42.1 Å². The Hall–Kier alpha value is -2.20. The highest BCUT2D eigenvalue weighted by atomic mass is 16.5. The van der Waals surface area contributed by atoms with Crippen molar-refractivity contribution in [1.29, 1.82) is 0 Å². The number of ether oxygens (including phenoxy) is 1. The third kappa shape index (κ3) is 4.26. The first-order valence-corrected chi connectivity index (χ1v) is 8.87. The first-order valence-electron chi connectivity index (χ1n) is 8.87. The minimum Gasteiger partial charge on any atom is -0.381 e. The number of rotatable bonds is 4. The van der Waals surface area contributed by atoms with Gasteiger partial charge in [-0.3, -0.25) is 9.78 Å². The molecule has 0 saturated carbocycles. The Morgan fingerprint density at radius 3 is 2.76 bits per heavy atom. The summed E-state index contributed by atoms with van der Waals surface area (Å²) in [5, 5.41) is 0. The molecule has 0 N–H and O–H groups in total. The van der Waals surface area contributed by atoms with Crippen LogP contribution in [0.4, 0.5) is 0 Å². The highest BCUT2D eigenvalue weighted by Crippen LogP contribution is 2.25. The van der Waals surface area contributed by atoms with E-state index >= 15 is 0 Å². The predicted molar refractivity (Wildman–Crippen MR) is 98.7 cm³/mol. The Morgan fingerprint density at radius 1 is 1.24 bits per heavy atom. The average molecular weight is 338 g/mol. The maximum absolute atomic E-state index is 12.8. The van der Waals surface area contributed by atoms with Crippen molar-refractivity contribution in [3.05, 3.63) is 65.0 Å². The van der Waals surface area contributed by atoms with Crippen LogP contribution < -0.4 is 0 Å². The Balaban J connectivity index is 1.73. The molecule has 3 rings (SSSR count). The van der Waals surface area contributed by atoms with E-state index in [1.54, 1.807) is 13.3 Å². The second-order valence-corrected chi connectivity index (χ2v) is 6.99. The molecule has 0 aliphatic carbocycles. The number of nitrogens with zero attached hydrogens (tertiary/aromatic N) is 2. The average Bonchev–Trinajstić information content (AvgIpc) is 2.62. The van der Waals surface area contributed by atoms with Crippen LogP contribution in [0.5, 0.6) is 0 Å². The van der Waals surface area contributed by atoms with Crippen molar-refractivity contribution in [2.24, 2.45) is 5.92 Å². The molecule has 1 aliphatic heterocycles. The van der Waals surface area contributed by atoms with Crippen molar-refractivity contribution in [3.8, 4) is 0 Å². The quantitative estimate of drug-likeness (QED) is 0.858. The van der Waals surface area contributed by atoms with Crippen molar-refractivity contribution >= 4 is 5.91 Å². The Morgan fingerprint density at radius 2 is 2.08 bits per heavy atom. The molecule has 1 aromatic carbocycles. The van der Waals surface area contributed by atoms with Crippen LogP contribution in [0.15, 0.2) is 42.6 Å². The van der Waals surface area contributed by atoms with E-state index in [2.05, 4.69) is 36.2 Å². The molecule has 1 aliphatic rings. The van der Waals surface area contributed by atoms with Crippen molar-refractivity contribution in [2.45, 2.75) is 32.8 Å². The molecule has 132 valence electrons. The van der Waals surface area contributed by atoms with Gasteiger partial charge in [-0.2, -0.15) is 0 Å². The number of aryl methyl sites for hydroxylation is 2. The minimum atomic E-state index is 0.0174. The molecule has 0 bridgehead atoms. The van der Waals surface area contributed by atoms with Gasteiger partial charge in [0, 0.05) is 32.3 Å². The normalized spacial score (nSPS) is 20.5. The van der Waals surface area contributed by atoms with Gasteiger partial charge in [0.2, 0.25) is 0 Å². The summed E-state index contributed by atoms with van der Waals surface area (Å²) < 4.78 is 5.70. The molecule has 2 atom stereocenters. The standard InChI is InChI=1S/C21H26N2O2/c1-15-5-4-6-17(11-15)12-18-14-23(10-9-20(18)25-3)21(24)19-8-7-16(2)13-22-19/h4-8,11,13,18,20H,9-10,12,14H2,1-3H3/t18-,20-/m0/s1. The Kier molecular flexibility index (Phi) is 5.49. The molecule has 0 unspecified atom stereocenters. The zero-order chi connectivity index (χ0) is 17.8. The minimum absolute atomic E-state index is 0.0174. The number of methoxy groups -OCH3 is 1. The number of likely N-dealkylation sites (tertiary alicyclic amines) is 1. The van der Waals surface area contributed by atoms with Gasteiger partial charge in [0.25, 0.3) is 5.91 Å². The molecule has 1 amide bonds. The fourth-order valence-electron chi connectivity index (χ4n) is 3.60. The fraction of sp³-hybridized carbons (Fsp3) is 0.429. The number of pyridine rings is 1. The highest BCUT2D eigenvalue weighted by molar-refractivity contribution is 5.92. The number of aromatic nitrogens is 1. The third-order valence-corrected chi connectivity index (χ3v) is 4.97. The lowest BCUT2D eigenvalue weighted by atomic mass is 9.88. The van der Waals surface area contributed by atoms with Crippen LogP contribution in [0, 0.1) is 19.8 Å². The van der Waals surface area contributed by atoms with Crippen LogP contribution in [-0.2, 0) is 11.2 Å². The van der Waals surface area contributed by atoms with Gasteiger partial charge in [0.05, 0.1) is 6.10 Å². The first-order chi connectivity index (χ1) is 12.1. The lowest BCUT2D eigenvalue weighted by Gasteiger charge is -2.38. The summed E-state index contributed by atoms with van der Waals surface area (Å²) in [6.45, 7) is 5.51. The van der Waals surface area contributed by atoms with Crippen molar-refractivity contribution < 1.29 is 9.53 Å². The fourth-order valence-corrected chi connectivity index (χ4v) is 3.60. The van der Waals surface area contributed by atoms with Crippen LogP contribution in [0.1, 0.15) is 33.6 Å². The SMILES string of the molecule is CO[C@H]1CCN(C(=O)c2ccc(C)cn2)C[C@@H]1Cc1cccc(C)c1. The van der Waals surface area contributed by atoms with Gasteiger partial charge >= 0.3 is 0 Å². The van der Waals surface area contributed by atoms with Crippen molar-refractivity contribution in [3.63, 3.8) is 0 Å². The number of benzene rings is 1. The number of hydrogen-bond acceptors (Lipinski definition) is 3. The number of amides is 1. The van der Waals surface area contributed by atoms with Crippen LogP contribution in [0.3, 0.4) is 0 Å². The summed E-state index contributed by atoms with van der Waals surface area (Å²) in [5.74, 6) is 0.318. The molecule has 25 heavy (non-hydrogen) atoms. The zero-order valence-electron chi connectivity index (χ0n) is 15.2. The summed E-state index contributed by atoms with van der Waals surface area (Å²) in [6.07, 6.45) is 3.73. The zero-order valence-corrected chi connectivity index (χ0v) is 15.2. The Bertz CT molecular complexity index is 727. The van der Waals surface area contributed by atoms with E-state index in [1.165, 1.54) is 11.1 Å². The molecule has 4 nitrogen and oxygen atoms in total. The van der Waals surface area contributed by atoms with Gasteiger partial charge in [0.15, 0.2) is 0 Å². The van der Waals surface area contributed by atoms with Crippen LogP contribution in [0.25, 0.3) is 0 Å².